The molecule has 0 heterocycles. The van der Waals surface area contributed by atoms with Crippen molar-refractivity contribution < 1.29 is 14.5 Å². The van der Waals surface area contributed by atoms with E-state index >= 15 is 0 Å². The van der Waals surface area contributed by atoms with Gasteiger partial charge in [0.2, 0.25) is 0 Å². The van der Waals surface area contributed by atoms with Gasteiger partial charge >= 0.3 is 0 Å². The van der Waals surface area contributed by atoms with E-state index in [1.165, 1.54) is 12.8 Å². The molecular formula is C13H21O3P. The summed E-state index contributed by atoms with van der Waals surface area (Å²) in [6, 6.07) is 9.11. The summed E-state index contributed by atoms with van der Waals surface area (Å²) in [6.45, 7) is 7.93. The normalized spacial score (nSPS) is 9.47. The molecule has 4 heteroatoms. The highest BCUT2D eigenvalue weighted by atomic mass is 31.2. The van der Waals surface area contributed by atoms with Crippen LogP contribution in [0.1, 0.15) is 26.7 Å². The van der Waals surface area contributed by atoms with E-state index in [1.807, 2.05) is 18.2 Å². The number of hydrogen-bond donors (Lipinski definition) is 2. The number of benzene rings is 1. The van der Waals surface area contributed by atoms with Crippen molar-refractivity contribution >= 4 is 8.38 Å². The topological polar surface area (TPSA) is 49.7 Å². The summed E-state index contributed by atoms with van der Waals surface area (Å²) >= 11 is 0. The van der Waals surface area contributed by atoms with Gasteiger partial charge in [-0.3, -0.25) is 0 Å². The fraction of sp³-hybridized carbons (Fsp3) is 0.385. The molecule has 3 nitrogen and oxygen atoms in total. The molecule has 0 aliphatic carbocycles. The van der Waals surface area contributed by atoms with Crippen LogP contribution in [0, 0.1) is 0 Å². The molecule has 96 valence electrons. The van der Waals surface area contributed by atoms with Gasteiger partial charge in [0, 0.05) is 0 Å². The summed E-state index contributed by atoms with van der Waals surface area (Å²) in [5.74, 6) is 1.02. The quantitative estimate of drug-likeness (QED) is 0.624. The van der Waals surface area contributed by atoms with Crippen LogP contribution in [-0.2, 0) is 0 Å². The molecule has 0 aromatic heterocycles. The van der Waals surface area contributed by atoms with E-state index < -0.39 is 8.38 Å². The summed E-state index contributed by atoms with van der Waals surface area (Å²) in [4.78, 5) is 17.4. The zero-order chi connectivity index (χ0) is 13.1. The maximum absolute atomic E-state index is 8.68. The van der Waals surface area contributed by atoms with Crippen molar-refractivity contribution in [1.82, 2.24) is 0 Å². The van der Waals surface area contributed by atoms with Crippen LogP contribution in [0.4, 0.5) is 0 Å². The van der Waals surface area contributed by atoms with Crippen molar-refractivity contribution in [1.29, 1.82) is 0 Å². The first-order chi connectivity index (χ1) is 8.10. The highest BCUT2D eigenvalue weighted by Gasteiger charge is 2.03. The van der Waals surface area contributed by atoms with Gasteiger partial charge in [-0.05, 0) is 12.1 Å². The number of para-hydroxylation sites is 1. The summed E-state index contributed by atoms with van der Waals surface area (Å²) in [5.41, 5.74) is 0. The van der Waals surface area contributed by atoms with Gasteiger partial charge in [-0.1, -0.05) is 51.5 Å². The van der Waals surface area contributed by atoms with Gasteiger partial charge in [-0.25, -0.2) is 0 Å². The molecule has 0 atom stereocenters. The lowest BCUT2D eigenvalue weighted by molar-refractivity contribution is 0.418. The Morgan fingerprint density at radius 3 is 2.12 bits per heavy atom. The van der Waals surface area contributed by atoms with Crippen LogP contribution < -0.4 is 4.74 Å². The fourth-order valence-corrected chi connectivity index (χ4v) is 1.23. The third-order valence-electron chi connectivity index (χ3n) is 1.82. The van der Waals surface area contributed by atoms with E-state index in [2.05, 4.69) is 20.4 Å². The van der Waals surface area contributed by atoms with Crippen molar-refractivity contribution in [3.63, 3.8) is 0 Å². The second-order valence-electron chi connectivity index (χ2n) is 3.48. The number of allylic oxidation sites excluding steroid dienone is 1. The van der Waals surface area contributed by atoms with Crippen LogP contribution in [0.25, 0.3) is 0 Å². The maximum Gasteiger partial charge on any atom is 0.172 e. The van der Waals surface area contributed by atoms with E-state index in [1.54, 1.807) is 12.1 Å². The zero-order valence-corrected chi connectivity index (χ0v) is 11.4. The van der Waals surface area contributed by atoms with E-state index in [-0.39, 0.29) is 6.16 Å². The second kappa shape index (κ2) is 10.3. The van der Waals surface area contributed by atoms with Crippen molar-refractivity contribution in [3.8, 4) is 5.75 Å². The van der Waals surface area contributed by atoms with Crippen LogP contribution in [-0.4, -0.2) is 15.9 Å². The number of rotatable bonds is 5. The molecule has 17 heavy (non-hydrogen) atoms. The Morgan fingerprint density at radius 1 is 1.18 bits per heavy atom. The number of ether oxygens (including phenoxy) is 1. The van der Waals surface area contributed by atoms with Gasteiger partial charge in [0.05, 0.1) is 6.16 Å². The molecule has 0 aliphatic rings. The molecule has 0 saturated heterocycles. The molecule has 0 aliphatic heterocycles. The van der Waals surface area contributed by atoms with Gasteiger partial charge < -0.3 is 14.5 Å². The van der Waals surface area contributed by atoms with Crippen molar-refractivity contribution in [2.24, 2.45) is 0 Å². The average molecular weight is 256 g/mol. The molecule has 1 aromatic carbocycles. The molecule has 0 fully saturated rings. The van der Waals surface area contributed by atoms with Crippen molar-refractivity contribution in [2.75, 3.05) is 6.16 Å². The molecule has 2 N–H and O–H groups in total. The lowest BCUT2D eigenvalue weighted by atomic mass is 10.3. The smallest absolute Gasteiger partial charge is 0.172 e. The standard InChI is InChI=1S/C9H11O3P.C4H10/c1-8(7-13(10)11)12-9-5-3-2-4-6-9;1-3-4-2/h2-6,10-11H,1,7H2;3-4H2,1-2H3. The Labute approximate surface area is 105 Å². The second-order valence-corrected chi connectivity index (χ2v) is 4.54. The molecule has 0 unspecified atom stereocenters. The predicted molar refractivity (Wildman–Crippen MR) is 73.0 cm³/mol. The largest absolute Gasteiger partial charge is 0.462 e. The Balaban J connectivity index is 0.000000557. The fourth-order valence-electron chi connectivity index (χ4n) is 0.845. The van der Waals surface area contributed by atoms with Crippen LogP contribution in [0.15, 0.2) is 42.7 Å². The molecule has 0 spiro atoms. The molecular weight excluding hydrogens is 235 g/mol. The minimum absolute atomic E-state index is 0.0875. The van der Waals surface area contributed by atoms with Crippen molar-refractivity contribution in [2.45, 2.75) is 26.7 Å². The summed E-state index contributed by atoms with van der Waals surface area (Å²) in [5, 5.41) is 0. The SMILES string of the molecule is C=C(CP(O)O)Oc1ccccc1.CCCC. The Hall–Kier alpha value is -0.890. The Kier molecular flexibility index (Phi) is 9.74. The van der Waals surface area contributed by atoms with Gasteiger partial charge in [0.25, 0.3) is 0 Å². The highest BCUT2D eigenvalue weighted by Crippen LogP contribution is 2.26. The summed E-state index contributed by atoms with van der Waals surface area (Å²) < 4.78 is 5.23. The minimum Gasteiger partial charge on any atom is -0.462 e. The molecule has 0 bridgehead atoms. The third kappa shape index (κ3) is 10.0. The van der Waals surface area contributed by atoms with Gasteiger partial charge in [0.15, 0.2) is 8.38 Å². The van der Waals surface area contributed by atoms with E-state index in [0.717, 1.165) is 0 Å². The molecule has 0 saturated carbocycles. The zero-order valence-electron chi connectivity index (χ0n) is 10.5. The molecule has 0 radical (unpaired) electrons. The number of unbranched alkanes of at least 4 members (excludes halogenated alkanes) is 1. The van der Waals surface area contributed by atoms with E-state index in [4.69, 9.17) is 14.5 Å². The first kappa shape index (κ1) is 16.1. The number of hydrogen-bond acceptors (Lipinski definition) is 3. The summed E-state index contributed by atoms with van der Waals surface area (Å²) in [7, 11) is -1.96. The first-order valence-corrected chi connectivity index (χ1v) is 7.09. The Bertz CT molecular complexity index is 297. The predicted octanol–water partition coefficient (Wildman–Crippen LogP) is 3.68. The van der Waals surface area contributed by atoms with Crippen LogP contribution >= 0.6 is 8.38 Å². The monoisotopic (exact) mass is 256 g/mol. The lowest BCUT2D eigenvalue weighted by Gasteiger charge is -2.08. The third-order valence-corrected chi connectivity index (χ3v) is 2.46. The molecule has 1 rings (SSSR count). The van der Waals surface area contributed by atoms with Gasteiger partial charge in [-0.2, -0.15) is 0 Å². The summed E-state index contributed by atoms with van der Waals surface area (Å²) in [6.07, 6.45) is 2.73. The van der Waals surface area contributed by atoms with Gasteiger partial charge in [0.1, 0.15) is 11.5 Å². The minimum atomic E-state index is -1.96. The first-order valence-electron chi connectivity index (χ1n) is 5.66. The highest BCUT2D eigenvalue weighted by molar-refractivity contribution is 7.45. The van der Waals surface area contributed by atoms with Crippen LogP contribution in [0.2, 0.25) is 0 Å². The maximum atomic E-state index is 8.68. The lowest BCUT2D eigenvalue weighted by Crippen LogP contribution is -1.97. The van der Waals surface area contributed by atoms with Crippen LogP contribution in [0.5, 0.6) is 5.75 Å². The molecule has 1 aromatic rings. The van der Waals surface area contributed by atoms with E-state index in [9.17, 15) is 0 Å². The van der Waals surface area contributed by atoms with Gasteiger partial charge in [-0.15, -0.1) is 0 Å². The van der Waals surface area contributed by atoms with Crippen LogP contribution in [0.3, 0.4) is 0 Å². The molecule has 0 amide bonds. The van der Waals surface area contributed by atoms with Crippen molar-refractivity contribution in [3.05, 3.63) is 42.7 Å². The average Bonchev–Trinajstić information content (AvgIpc) is 2.29. The van der Waals surface area contributed by atoms with E-state index in [0.29, 0.717) is 11.5 Å². The Morgan fingerprint density at radius 2 is 1.71 bits per heavy atom.